The maximum atomic E-state index is 12.8. The minimum atomic E-state index is -1.05. The highest BCUT2D eigenvalue weighted by Crippen LogP contribution is 2.48. The van der Waals surface area contributed by atoms with Crippen LogP contribution in [-0.4, -0.2) is 17.4 Å². The first-order chi connectivity index (χ1) is 13.0. The molecule has 0 aliphatic carbocycles. The van der Waals surface area contributed by atoms with Gasteiger partial charge >= 0.3 is 6.09 Å². The molecule has 2 aliphatic rings. The van der Waals surface area contributed by atoms with E-state index in [0.29, 0.717) is 0 Å². The van der Waals surface area contributed by atoms with Crippen molar-refractivity contribution in [3.8, 4) is 5.75 Å². The van der Waals surface area contributed by atoms with Crippen LogP contribution in [0.1, 0.15) is 19.4 Å². The number of carbonyl (C=O) groups is 1. The van der Waals surface area contributed by atoms with Crippen LogP contribution >= 0.6 is 0 Å². The van der Waals surface area contributed by atoms with Gasteiger partial charge < -0.3 is 9.47 Å². The topological polar surface area (TPSA) is 38.8 Å². The van der Waals surface area contributed by atoms with Crippen molar-refractivity contribution in [2.24, 2.45) is 0 Å². The lowest BCUT2D eigenvalue weighted by Gasteiger charge is -2.42. The molecule has 0 radical (unpaired) electrons. The fraction of sp³-hybridized carbons (Fsp3) is 0.174. The first kappa shape index (κ1) is 15.9. The number of nitrogens with zero attached hydrogens (tertiary/aromatic N) is 1. The zero-order chi connectivity index (χ0) is 18.6. The van der Waals surface area contributed by atoms with Gasteiger partial charge in [0.2, 0.25) is 0 Å². The number of hydrogen-bond donors (Lipinski definition) is 0. The van der Waals surface area contributed by atoms with Gasteiger partial charge in [0, 0.05) is 5.56 Å². The molecular weight excluding hydrogens is 338 g/mol. The molecule has 0 N–H and O–H groups in total. The van der Waals surface area contributed by atoms with Gasteiger partial charge in [-0.2, -0.15) is 0 Å². The molecule has 4 nitrogen and oxygen atoms in total. The minimum Gasteiger partial charge on any atom is -0.459 e. The number of benzene rings is 3. The predicted molar refractivity (Wildman–Crippen MR) is 106 cm³/mol. The molecule has 27 heavy (non-hydrogen) atoms. The largest absolute Gasteiger partial charge is 0.459 e. The molecule has 1 spiro atoms. The van der Waals surface area contributed by atoms with Crippen LogP contribution in [0.4, 0.5) is 10.5 Å². The van der Waals surface area contributed by atoms with Gasteiger partial charge in [-0.15, -0.1) is 0 Å². The van der Waals surface area contributed by atoms with Crippen molar-refractivity contribution >= 4 is 28.6 Å². The Morgan fingerprint density at radius 3 is 2.26 bits per heavy atom. The number of hydrogen-bond acceptors (Lipinski definition) is 3. The van der Waals surface area contributed by atoms with Crippen LogP contribution in [0, 0.1) is 0 Å². The third-order valence-electron chi connectivity index (χ3n) is 5.37. The third kappa shape index (κ3) is 2.19. The summed E-state index contributed by atoms with van der Waals surface area (Å²) in [5.74, 6) is 0.739. The Bertz CT molecular complexity index is 1090. The average Bonchev–Trinajstić information content (AvgIpc) is 2.85. The molecule has 4 heteroatoms. The molecule has 0 bridgehead atoms. The molecule has 0 saturated carbocycles. The lowest BCUT2D eigenvalue weighted by Crippen LogP contribution is -2.60. The summed E-state index contributed by atoms with van der Waals surface area (Å²) in [4.78, 5) is 14.4. The molecule has 3 aromatic rings. The second-order valence-corrected chi connectivity index (χ2v) is 7.42. The molecule has 0 aromatic heterocycles. The van der Waals surface area contributed by atoms with Gasteiger partial charge in [-0.05, 0) is 61.0 Å². The second kappa shape index (κ2) is 5.36. The Hall–Kier alpha value is -3.27. The van der Waals surface area contributed by atoms with Crippen molar-refractivity contribution < 1.29 is 14.3 Å². The molecule has 134 valence electrons. The molecule has 1 amide bonds. The highest BCUT2D eigenvalue weighted by atomic mass is 16.6. The monoisotopic (exact) mass is 357 g/mol. The lowest BCUT2D eigenvalue weighted by molar-refractivity contribution is -0.0378. The molecule has 1 atom stereocenters. The number of rotatable bonds is 1. The van der Waals surface area contributed by atoms with E-state index >= 15 is 0 Å². The zero-order valence-electron chi connectivity index (χ0n) is 15.2. The SMILES string of the molecule is CC1(C)OC(=O)N(c2ccccc2)C12C=Cc1cc3ccccc3cc1O2. The fourth-order valence-electron chi connectivity index (χ4n) is 3.92. The van der Waals surface area contributed by atoms with E-state index in [4.69, 9.17) is 9.47 Å². The van der Waals surface area contributed by atoms with E-state index in [1.807, 2.05) is 74.5 Å². The van der Waals surface area contributed by atoms with Crippen molar-refractivity contribution in [2.75, 3.05) is 4.90 Å². The first-order valence-corrected chi connectivity index (χ1v) is 8.99. The summed E-state index contributed by atoms with van der Waals surface area (Å²) in [5.41, 5.74) is -0.190. The summed E-state index contributed by atoms with van der Waals surface area (Å²) in [6.45, 7) is 3.76. The first-order valence-electron chi connectivity index (χ1n) is 8.99. The summed E-state index contributed by atoms with van der Waals surface area (Å²) < 4.78 is 12.3. The van der Waals surface area contributed by atoms with Gasteiger partial charge in [0.15, 0.2) is 5.60 Å². The third-order valence-corrected chi connectivity index (χ3v) is 5.37. The Labute approximate surface area is 157 Å². The van der Waals surface area contributed by atoms with E-state index in [1.54, 1.807) is 4.90 Å². The van der Waals surface area contributed by atoms with Gasteiger partial charge in [-0.1, -0.05) is 42.5 Å². The Morgan fingerprint density at radius 2 is 1.52 bits per heavy atom. The quantitative estimate of drug-likeness (QED) is 0.587. The maximum absolute atomic E-state index is 12.8. The van der Waals surface area contributed by atoms with Gasteiger partial charge in [-0.3, -0.25) is 0 Å². The Balaban J connectivity index is 1.69. The highest BCUT2D eigenvalue weighted by molar-refractivity contribution is 5.94. The number of amides is 1. The van der Waals surface area contributed by atoms with E-state index in [0.717, 1.165) is 27.8 Å². The van der Waals surface area contributed by atoms with Crippen molar-refractivity contribution in [3.05, 3.63) is 78.4 Å². The lowest BCUT2D eigenvalue weighted by atomic mass is 9.89. The van der Waals surface area contributed by atoms with Crippen LogP contribution in [0.5, 0.6) is 5.75 Å². The number of anilines is 1. The molecule has 5 rings (SSSR count). The summed E-state index contributed by atoms with van der Waals surface area (Å²) in [7, 11) is 0. The average molecular weight is 357 g/mol. The van der Waals surface area contributed by atoms with E-state index in [9.17, 15) is 4.79 Å². The second-order valence-electron chi connectivity index (χ2n) is 7.42. The van der Waals surface area contributed by atoms with Crippen LogP contribution in [0.25, 0.3) is 16.8 Å². The van der Waals surface area contributed by atoms with Crippen molar-refractivity contribution in [1.29, 1.82) is 0 Å². The highest BCUT2D eigenvalue weighted by Gasteiger charge is 2.63. The number of fused-ring (bicyclic) bond motifs is 2. The number of cyclic esters (lactones) is 1. The fourth-order valence-corrected chi connectivity index (χ4v) is 3.92. The molecule has 2 aliphatic heterocycles. The number of ether oxygens (including phenoxy) is 2. The summed E-state index contributed by atoms with van der Waals surface area (Å²) in [6.07, 6.45) is 3.53. The van der Waals surface area contributed by atoms with Crippen molar-refractivity contribution in [1.82, 2.24) is 0 Å². The van der Waals surface area contributed by atoms with Crippen LogP contribution in [0.3, 0.4) is 0 Å². The molecular formula is C23H19NO3. The van der Waals surface area contributed by atoms with Crippen LogP contribution in [-0.2, 0) is 4.74 Å². The summed E-state index contributed by atoms with van der Waals surface area (Å²) >= 11 is 0. The maximum Gasteiger partial charge on any atom is 0.418 e. The number of para-hydroxylation sites is 1. The predicted octanol–water partition coefficient (Wildman–Crippen LogP) is 5.38. The Kier molecular flexibility index (Phi) is 3.17. The summed E-state index contributed by atoms with van der Waals surface area (Å²) in [6, 6.07) is 21.8. The van der Waals surface area contributed by atoms with E-state index in [1.165, 1.54) is 0 Å². The Morgan fingerprint density at radius 1 is 0.852 bits per heavy atom. The smallest absolute Gasteiger partial charge is 0.418 e. The van der Waals surface area contributed by atoms with Crippen LogP contribution in [0.2, 0.25) is 0 Å². The van der Waals surface area contributed by atoms with Gasteiger partial charge in [0.05, 0.1) is 5.69 Å². The standard InChI is InChI=1S/C23H19NO3/c1-22(2)23(24(21(25)27-22)19-10-4-3-5-11-19)13-12-18-14-16-8-6-7-9-17(16)15-20(18)26-23/h3-15H,1-2H3. The zero-order valence-corrected chi connectivity index (χ0v) is 15.2. The minimum absolute atomic E-state index is 0.417. The van der Waals surface area contributed by atoms with Crippen LogP contribution in [0.15, 0.2) is 72.8 Å². The van der Waals surface area contributed by atoms with Gasteiger partial charge in [0.25, 0.3) is 5.72 Å². The van der Waals surface area contributed by atoms with Crippen molar-refractivity contribution in [2.45, 2.75) is 25.2 Å². The molecule has 1 saturated heterocycles. The normalized spacial score (nSPS) is 22.6. The summed E-state index contributed by atoms with van der Waals surface area (Å²) in [5, 5.41) is 2.24. The van der Waals surface area contributed by atoms with Gasteiger partial charge in [0.1, 0.15) is 5.75 Å². The van der Waals surface area contributed by atoms with Crippen LogP contribution < -0.4 is 9.64 Å². The van der Waals surface area contributed by atoms with E-state index in [-0.39, 0.29) is 0 Å². The molecule has 3 aromatic carbocycles. The van der Waals surface area contributed by atoms with Gasteiger partial charge in [-0.25, -0.2) is 9.69 Å². The molecule has 1 fully saturated rings. The number of carbonyl (C=O) groups excluding carboxylic acids is 1. The van der Waals surface area contributed by atoms with Crippen molar-refractivity contribution in [3.63, 3.8) is 0 Å². The van der Waals surface area contributed by atoms with E-state index < -0.39 is 17.4 Å². The molecule has 2 heterocycles. The molecule has 1 unspecified atom stereocenters. The van der Waals surface area contributed by atoms with E-state index in [2.05, 4.69) is 18.2 Å².